The fourth-order valence-corrected chi connectivity index (χ4v) is 6.04. The Kier molecular flexibility index (Phi) is 7.68. The number of ether oxygens (including phenoxy) is 3. The number of thiazole rings is 1. The van der Waals surface area contributed by atoms with E-state index >= 15 is 0 Å². The lowest BCUT2D eigenvalue weighted by molar-refractivity contribution is -0.132. The number of anilines is 1. The summed E-state index contributed by atoms with van der Waals surface area (Å²) in [5.74, 6) is -0.945. The molecule has 2 N–H and O–H groups in total. The molecular formula is C29H25BrN2O7S. The number of carbonyl (C=O) groups excluding carboxylic acids is 2. The highest BCUT2D eigenvalue weighted by atomic mass is 79.9. The number of nitrogens with zero attached hydrogens (tertiary/aromatic N) is 2. The van der Waals surface area contributed by atoms with Crippen LogP contribution in [0.2, 0.25) is 0 Å². The van der Waals surface area contributed by atoms with Gasteiger partial charge >= 0.3 is 5.91 Å². The minimum absolute atomic E-state index is 0.124. The topological polar surface area (TPSA) is 118 Å². The molecule has 3 aromatic carbocycles. The van der Waals surface area contributed by atoms with Gasteiger partial charge in [0.2, 0.25) is 0 Å². The van der Waals surface area contributed by atoms with E-state index in [2.05, 4.69) is 20.9 Å². The van der Waals surface area contributed by atoms with Crippen LogP contribution in [0.3, 0.4) is 0 Å². The van der Waals surface area contributed by atoms with Crippen LogP contribution in [0.15, 0.2) is 64.6 Å². The van der Waals surface area contributed by atoms with Gasteiger partial charge in [-0.3, -0.25) is 14.5 Å². The monoisotopic (exact) mass is 624 g/mol. The van der Waals surface area contributed by atoms with Gasteiger partial charge in [-0.05, 0) is 77.8 Å². The molecule has 0 saturated carbocycles. The summed E-state index contributed by atoms with van der Waals surface area (Å²) in [7, 11) is 1.39. The van der Waals surface area contributed by atoms with Crippen molar-refractivity contribution in [1.29, 1.82) is 0 Å². The van der Waals surface area contributed by atoms with Gasteiger partial charge < -0.3 is 24.4 Å². The van der Waals surface area contributed by atoms with Gasteiger partial charge in [0.15, 0.2) is 16.6 Å². The van der Waals surface area contributed by atoms with E-state index in [0.29, 0.717) is 41.4 Å². The number of Topliss-reactive ketones (excluding diaryl/α,β-unsaturated/α-hetero) is 1. The highest BCUT2D eigenvalue weighted by Gasteiger charge is 2.48. The molecule has 1 unspecified atom stereocenters. The standard InChI is InChI=1S/C29H25BrN2O7S/c1-4-38-17-8-6-7-15(11-17)25(33)23-24(16-12-19(30)26(34)21(13-16)37-3)32(28(36)27(23)35)29-31-20-10-9-18(39-5-2)14-22(20)40-29/h6-14,24,33-34H,4-5H2,1-3H3/b25-23+. The van der Waals surface area contributed by atoms with Gasteiger partial charge in [0.1, 0.15) is 17.3 Å². The molecule has 0 radical (unpaired) electrons. The van der Waals surface area contributed by atoms with Crippen LogP contribution >= 0.6 is 27.3 Å². The largest absolute Gasteiger partial charge is 0.507 e. The molecule has 1 aromatic heterocycles. The highest BCUT2D eigenvalue weighted by molar-refractivity contribution is 9.10. The molecule has 2 heterocycles. The van der Waals surface area contributed by atoms with E-state index in [9.17, 15) is 19.8 Å². The molecule has 206 valence electrons. The van der Waals surface area contributed by atoms with E-state index in [4.69, 9.17) is 14.2 Å². The van der Waals surface area contributed by atoms with Crippen molar-refractivity contribution in [3.8, 4) is 23.0 Å². The van der Waals surface area contributed by atoms with E-state index in [1.165, 1.54) is 29.4 Å². The predicted octanol–water partition coefficient (Wildman–Crippen LogP) is 6.20. The van der Waals surface area contributed by atoms with Crippen molar-refractivity contribution in [2.75, 3.05) is 25.2 Å². The van der Waals surface area contributed by atoms with Gasteiger partial charge in [-0.25, -0.2) is 4.98 Å². The molecular weight excluding hydrogens is 600 g/mol. The van der Waals surface area contributed by atoms with Crippen LogP contribution in [0, 0.1) is 0 Å². The molecule has 4 aromatic rings. The van der Waals surface area contributed by atoms with Gasteiger partial charge in [-0.2, -0.15) is 0 Å². The third-order valence-corrected chi connectivity index (χ3v) is 7.94. The fourth-order valence-electron chi connectivity index (χ4n) is 4.56. The van der Waals surface area contributed by atoms with Gasteiger partial charge in [-0.15, -0.1) is 0 Å². The van der Waals surface area contributed by atoms with Crippen LogP contribution < -0.4 is 19.1 Å². The third-order valence-electron chi connectivity index (χ3n) is 6.32. The van der Waals surface area contributed by atoms with Crippen molar-refractivity contribution >= 4 is 60.1 Å². The van der Waals surface area contributed by atoms with E-state index < -0.39 is 17.7 Å². The number of aliphatic hydroxyl groups is 1. The van der Waals surface area contributed by atoms with Crippen LogP contribution in [0.4, 0.5) is 5.13 Å². The van der Waals surface area contributed by atoms with Crippen molar-refractivity contribution in [2.45, 2.75) is 19.9 Å². The predicted molar refractivity (Wildman–Crippen MR) is 156 cm³/mol. The Morgan fingerprint density at radius 1 is 1.05 bits per heavy atom. The zero-order valence-corrected chi connectivity index (χ0v) is 24.2. The lowest BCUT2D eigenvalue weighted by Crippen LogP contribution is -2.29. The van der Waals surface area contributed by atoms with Crippen LogP contribution in [0.1, 0.15) is 31.0 Å². The summed E-state index contributed by atoms with van der Waals surface area (Å²) in [6.45, 7) is 4.63. The van der Waals surface area contributed by atoms with Gasteiger partial charge in [0.25, 0.3) is 5.78 Å². The Labute approximate surface area is 242 Å². The maximum atomic E-state index is 13.6. The summed E-state index contributed by atoms with van der Waals surface area (Å²) in [4.78, 5) is 33.1. The van der Waals surface area contributed by atoms with Crippen LogP contribution in [0.5, 0.6) is 23.0 Å². The smallest absolute Gasteiger partial charge is 0.301 e. The average molecular weight is 625 g/mol. The number of benzene rings is 3. The molecule has 40 heavy (non-hydrogen) atoms. The number of aromatic hydroxyl groups is 1. The molecule has 0 aliphatic carbocycles. The van der Waals surface area contributed by atoms with Crippen molar-refractivity contribution < 1.29 is 34.0 Å². The summed E-state index contributed by atoms with van der Waals surface area (Å²) >= 11 is 4.55. The Morgan fingerprint density at radius 2 is 1.77 bits per heavy atom. The number of hydrogen-bond acceptors (Lipinski definition) is 9. The first-order chi connectivity index (χ1) is 19.3. The summed E-state index contributed by atoms with van der Waals surface area (Å²) in [5, 5.41) is 22.2. The summed E-state index contributed by atoms with van der Waals surface area (Å²) in [6.07, 6.45) is 0. The second kappa shape index (κ2) is 11.2. The molecule has 11 heteroatoms. The van der Waals surface area contributed by atoms with Crippen molar-refractivity contribution in [2.24, 2.45) is 0 Å². The number of rotatable bonds is 8. The number of hydrogen-bond donors (Lipinski definition) is 2. The molecule has 1 fully saturated rings. The molecule has 0 bridgehead atoms. The van der Waals surface area contributed by atoms with E-state index in [1.807, 2.05) is 19.9 Å². The lowest BCUT2D eigenvalue weighted by Gasteiger charge is -2.24. The maximum absolute atomic E-state index is 13.6. The van der Waals surface area contributed by atoms with Gasteiger partial charge in [0.05, 0.1) is 46.6 Å². The molecule has 1 aliphatic heterocycles. The minimum Gasteiger partial charge on any atom is -0.507 e. The molecule has 1 atom stereocenters. The first-order valence-electron chi connectivity index (χ1n) is 12.4. The second-order valence-electron chi connectivity index (χ2n) is 8.74. The molecule has 1 aliphatic rings. The summed E-state index contributed by atoms with van der Waals surface area (Å²) in [5.41, 5.74) is 1.22. The van der Waals surface area contributed by atoms with Crippen molar-refractivity contribution in [1.82, 2.24) is 4.98 Å². The van der Waals surface area contributed by atoms with Crippen LogP contribution in [-0.2, 0) is 9.59 Å². The molecule has 5 rings (SSSR count). The fraction of sp³-hybridized carbons (Fsp3) is 0.207. The van der Waals surface area contributed by atoms with Crippen molar-refractivity contribution in [3.63, 3.8) is 0 Å². The lowest BCUT2D eigenvalue weighted by atomic mass is 9.95. The quantitative estimate of drug-likeness (QED) is 0.135. The number of aromatic nitrogens is 1. The first-order valence-corrected chi connectivity index (χ1v) is 14.0. The number of ketones is 1. The van der Waals surface area contributed by atoms with E-state index in [1.54, 1.807) is 42.5 Å². The normalized spacial score (nSPS) is 16.5. The van der Waals surface area contributed by atoms with E-state index in [-0.39, 0.29) is 32.4 Å². The molecule has 1 amide bonds. The molecule has 1 saturated heterocycles. The molecule has 0 spiro atoms. The number of fused-ring (bicyclic) bond motifs is 1. The number of carbonyl (C=O) groups is 2. The number of methoxy groups -OCH3 is 1. The summed E-state index contributed by atoms with van der Waals surface area (Å²) in [6, 6.07) is 14.1. The first kappa shape index (κ1) is 27.5. The minimum atomic E-state index is -1.08. The molecule has 9 nitrogen and oxygen atoms in total. The zero-order valence-electron chi connectivity index (χ0n) is 21.8. The average Bonchev–Trinajstić information content (AvgIpc) is 3.48. The number of phenolic OH excluding ortho intramolecular Hbond substituents is 1. The van der Waals surface area contributed by atoms with Gasteiger partial charge in [-0.1, -0.05) is 23.5 Å². The number of halogens is 1. The number of phenols is 1. The van der Waals surface area contributed by atoms with Gasteiger partial charge in [0, 0.05) is 5.56 Å². The maximum Gasteiger partial charge on any atom is 0.301 e. The Morgan fingerprint density at radius 3 is 2.48 bits per heavy atom. The third kappa shape index (κ3) is 4.86. The zero-order chi connectivity index (χ0) is 28.6. The highest BCUT2D eigenvalue weighted by Crippen LogP contribution is 2.47. The number of amides is 1. The van der Waals surface area contributed by atoms with Crippen LogP contribution in [0.25, 0.3) is 16.0 Å². The SMILES string of the molecule is CCOc1cccc(/C(O)=C2\C(=O)C(=O)N(c3nc4ccc(OCC)cc4s3)C2c2cc(Br)c(O)c(OC)c2)c1. The number of aliphatic hydroxyl groups excluding tert-OH is 1. The summed E-state index contributed by atoms with van der Waals surface area (Å²) < 4.78 is 17.6. The van der Waals surface area contributed by atoms with Crippen LogP contribution in [-0.4, -0.2) is 47.2 Å². The Hall–Kier alpha value is -4.09. The Bertz CT molecular complexity index is 1670. The Balaban J connectivity index is 1.73. The second-order valence-corrected chi connectivity index (χ2v) is 10.6. The van der Waals surface area contributed by atoms with Crippen molar-refractivity contribution in [3.05, 3.63) is 75.8 Å². The van der Waals surface area contributed by atoms with E-state index in [0.717, 1.165) is 4.70 Å².